The zero-order chi connectivity index (χ0) is 12.7. The van der Waals surface area contributed by atoms with Crippen molar-refractivity contribution in [1.82, 2.24) is 0 Å². The molecule has 0 spiro atoms. The Morgan fingerprint density at radius 2 is 1.88 bits per heavy atom. The summed E-state index contributed by atoms with van der Waals surface area (Å²) in [7, 11) is -0.208. The molecule has 1 aromatic rings. The van der Waals surface area contributed by atoms with Gasteiger partial charge in [0.1, 0.15) is 0 Å². The lowest BCUT2D eigenvalue weighted by molar-refractivity contribution is 0.191. The molecule has 17 heavy (non-hydrogen) atoms. The van der Waals surface area contributed by atoms with Gasteiger partial charge in [0.2, 0.25) is 0 Å². The summed E-state index contributed by atoms with van der Waals surface area (Å²) in [6.45, 7) is 8.71. The summed E-state index contributed by atoms with van der Waals surface area (Å²) in [5.74, 6) is 0. The maximum absolute atomic E-state index is 6.07. The van der Waals surface area contributed by atoms with Gasteiger partial charge in [-0.3, -0.25) is 0 Å². The van der Waals surface area contributed by atoms with E-state index in [1.165, 1.54) is 5.56 Å². The molecule has 0 saturated heterocycles. The normalized spacial score (nSPS) is 11.5. The smallest absolute Gasteiger partial charge is 0.337 e. The van der Waals surface area contributed by atoms with Crippen molar-refractivity contribution in [3.8, 4) is 0 Å². The Kier molecular flexibility index (Phi) is 5.61. The Morgan fingerprint density at radius 1 is 1.24 bits per heavy atom. The lowest BCUT2D eigenvalue weighted by Crippen LogP contribution is -2.39. The van der Waals surface area contributed by atoms with Crippen molar-refractivity contribution in [2.75, 3.05) is 7.11 Å². The van der Waals surface area contributed by atoms with Crippen LogP contribution in [0.25, 0.3) is 6.08 Å². The minimum Gasteiger partial charge on any atom is -0.398 e. The van der Waals surface area contributed by atoms with Gasteiger partial charge in [0.15, 0.2) is 0 Å². The molecule has 0 heterocycles. The van der Waals surface area contributed by atoms with Gasteiger partial charge >= 0.3 is 8.56 Å². The predicted octanol–water partition coefficient (Wildman–Crippen LogP) is 3.97. The molecule has 0 aliphatic carbocycles. The lowest BCUT2D eigenvalue weighted by Gasteiger charge is -2.27. The highest BCUT2D eigenvalue weighted by Crippen LogP contribution is 2.21. The molecule has 0 atom stereocenters. The molecule has 0 aliphatic heterocycles. The zero-order valence-corrected chi connectivity index (χ0v) is 12.0. The highest BCUT2D eigenvalue weighted by atomic mass is 28.4. The quantitative estimate of drug-likeness (QED) is 0.682. The second-order valence-corrected chi connectivity index (χ2v) is 7.95. The van der Waals surface area contributed by atoms with Crippen molar-refractivity contribution in [3.63, 3.8) is 0 Å². The highest BCUT2D eigenvalue weighted by Gasteiger charge is 2.32. The maximum atomic E-state index is 6.07. The highest BCUT2D eigenvalue weighted by molar-refractivity contribution is 6.67. The molecule has 0 N–H and O–H groups in total. The van der Waals surface area contributed by atoms with Crippen LogP contribution in [0.5, 0.6) is 0 Å². The Labute approximate surface area is 106 Å². The molecule has 1 aromatic carbocycles. The van der Waals surface area contributed by atoms with E-state index in [1.807, 2.05) is 18.2 Å². The van der Waals surface area contributed by atoms with Gasteiger partial charge in [0, 0.05) is 7.11 Å². The van der Waals surface area contributed by atoms with E-state index in [2.05, 4.69) is 32.6 Å². The summed E-state index contributed by atoms with van der Waals surface area (Å²) in [6, 6.07) is 10.1. The van der Waals surface area contributed by atoms with E-state index in [4.69, 9.17) is 8.85 Å². The monoisotopic (exact) mass is 250 g/mol. The van der Waals surface area contributed by atoms with E-state index < -0.39 is 8.56 Å². The number of hydrogen-bond donors (Lipinski definition) is 0. The summed E-state index contributed by atoms with van der Waals surface area (Å²) in [5, 5.41) is 0. The van der Waals surface area contributed by atoms with Gasteiger partial charge in [-0.2, -0.15) is 0 Å². The number of benzene rings is 1. The Balaban J connectivity index is 2.75. The molecule has 0 bridgehead atoms. The zero-order valence-electron chi connectivity index (χ0n) is 11.0. The Bertz CT molecular complexity index is 351. The molecule has 0 radical (unpaired) electrons. The number of rotatable bonds is 7. The molecule has 0 saturated carbocycles. The van der Waals surface area contributed by atoms with Crippen LogP contribution in [-0.4, -0.2) is 15.7 Å². The fourth-order valence-electron chi connectivity index (χ4n) is 1.88. The average molecular weight is 250 g/mol. The average Bonchev–Trinajstić information content (AvgIpc) is 2.41. The Hall–Kier alpha value is -0.903. The van der Waals surface area contributed by atoms with Crippen LogP contribution in [0, 0.1) is 0 Å². The third-order valence-electron chi connectivity index (χ3n) is 3.22. The molecule has 3 heteroatoms. The molecule has 0 aromatic heterocycles. The van der Waals surface area contributed by atoms with Gasteiger partial charge in [0.05, 0.1) is 6.61 Å². The van der Waals surface area contributed by atoms with E-state index >= 15 is 0 Å². The topological polar surface area (TPSA) is 18.5 Å². The minimum absolute atomic E-state index is 0.615. The van der Waals surface area contributed by atoms with Crippen LogP contribution in [-0.2, 0) is 15.5 Å². The summed E-state index contributed by atoms with van der Waals surface area (Å²) in [5.41, 5.74) is 2.32. The van der Waals surface area contributed by atoms with Crippen LogP contribution in [0.4, 0.5) is 0 Å². The van der Waals surface area contributed by atoms with Crippen molar-refractivity contribution in [2.45, 2.75) is 32.5 Å². The largest absolute Gasteiger partial charge is 0.398 e. The molecular formula is C14H22O2Si. The number of hydrogen-bond acceptors (Lipinski definition) is 2. The molecule has 0 amide bonds. The second-order valence-electron chi connectivity index (χ2n) is 4.01. The van der Waals surface area contributed by atoms with E-state index in [0.717, 1.165) is 17.7 Å². The van der Waals surface area contributed by atoms with Crippen LogP contribution < -0.4 is 0 Å². The molecule has 2 nitrogen and oxygen atoms in total. The maximum Gasteiger partial charge on any atom is 0.337 e. The van der Waals surface area contributed by atoms with Gasteiger partial charge < -0.3 is 8.85 Å². The van der Waals surface area contributed by atoms with Crippen LogP contribution >= 0.6 is 0 Å². The first-order chi connectivity index (χ1) is 8.21. The van der Waals surface area contributed by atoms with Crippen LogP contribution in [0.1, 0.15) is 25.0 Å². The fraction of sp³-hybridized carbons (Fsp3) is 0.429. The SMILES string of the molecule is C=Cc1ccccc1CO[Si](CC)(CC)OC. The van der Waals surface area contributed by atoms with Gasteiger partial charge in [-0.15, -0.1) is 0 Å². The molecule has 0 unspecified atom stereocenters. The fourth-order valence-corrected chi connectivity index (χ4v) is 3.90. The van der Waals surface area contributed by atoms with Crippen LogP contribution in [0.15, 0.2) is 30.8 Å². The summed E-state index contributed by atoms with van der Waals surface area (Å²) in [4.78, 5) is 0. The standard InChI is InChI=1S/C14H22O2Si/c1-5-13-10-8-9-11-14(13)12-16-17(6-2,7-3)15-4/h5,8-11H,1,6-7,12H2,2-4H3. The first-order valence-corrected chi connectivity index (χ1v) is 8.34. The first-order valence-electron chi connectivity index (χ1n) is 6.10. The van der Waals surface area contributed by atoms with E-state index in [0.29, 0.717) is 6.61 Å². The molecule has 0 aliphatic rings. The third kappa shape index (κ3) is 3.53. The van der Waals surface area contributed by atoms with E-state index in [1.54, 1.807) is 7.11 Å². The van der Waals surface area contributed by atoms with Crippen molar-refractivity contribution in [3.05, 3.63) is 42.0 Å². The molecule has 94 valence electrons. The second kappa shape index (κ2) is 6.74. The van der Waals surface area contributed by atoms with Gasteiger partial charge in [-0.25, -0.2) is 0 Å². The van der Waals surface area contributed by atoms with Gasteiger partial charge in [-0.1, -0.05) is 50.8 Å². The van der Waals surface area contributed by atoms with Crippen molar-refractivity contribution in [1.29, 1.82) is 0 Å². The van der Waals surface area contributed by atoms with E-state index in [-0.39, 0.29) is 0 Å². The van der Waals surface area contributed by atoms with Crippen LogP contribution in [0.2, 0.25) is 12.1 Å². The lowest BCUT2D eigenvalue weighted by atomic mass is 10.1. The first kappa shape index (κ1) is 14.2. The molecule has 0 fully saturated rings. The minimum atomic E-state index is -1.97. The van der Waals surface area contributed by atoms with E-state index in [9.17, 15) is 0 Å². The molecular weight excluding hydrogens is 228 g/mol. The third-order valence-corrected chi connectivity index (χ3v) is 6.78. The van der Waals surface area contributed by atoms with Crippen molar-refractivity contribution < 1.29 is 8.85 Å². The summed E-state index contributed by atoms with van der Waals surface area (Å²) in [6.07, 6.45) is 1.87. The predicted molar refractivity (Wildman–Crippen MR) is 75.0 cm³/mol. The van der Waals surface area contributed by atoms with Gasteiger partial charge in [-0.05, 0) is 23.2 Å². The summed E-state index contributed by atoms with van der Waals surface area (Å²) < 4.78 is 11.7. The van der Waals surface area contributed by atoms with Crippen molar-refractivity contribution >= 4 is 14.6 Å². The van der Waals surface area contributed by atoms with Crippen molar-refractivity contribution in [2.24, 2.45) is 0 Å². The van der Waals surface area contributed by atoms with Gasteiger partial charge in [0.25, 0.3) is 0 Å². The Morgan fingerprint density at radius 3 is 2.41 bits per heavy atom. The van der Waals surface area contributed by atoms with Crippen LogP contribution in [0.3, 0.4) is 0 Å². The summed E-state index contributed by atoms with van der Waals surface area (Å²) >= 11 is 0. The molecule has 1 rings (SSSR count).